The normalized spacial score (nSPS) is 13.3. The van der Waals surface area contributed by atoms with Gasteiger partial charge in [-0.25, -0.2) is 0 Å². The van der Waals surface area contributed by atoms with Gasteiger partial charge in [0.2, 0.25) is 5.91 Å². The summed E-state index contributed by atoms with van der Waals surface area (Å²) in [5.41, 5.74) is 1.64. The molecule has 0 unspecified atom stereocenters. The number of hydrogen-bond acceptors (Lipinski definition) is 2. The molecule has 1 heterocycles. The molecule has 0 radical (unpaired) electrons. The number of carbonyl (C=O) groups excluding carboxylic acids is 2. The van der Waals surface area contributed by atoms with Crippen LogP contribution in [0, 0.1) is 0 Å². The lowest BCUT2D eigenvalue weighted by Crippen LogP contribution is -2.43. The zero-order valence-electron chi connectivity index (χ0n) is 15.5. The Morgan fingerprint density at radius 2 is 2.07 bits per heavy atom. The molecule has 2 amide bonds. The monoisotopic (exact) mass is 429 g/mol. The molecule has 1 fully saturated rings. The van der Waals surface area contributed by atoms with Gasteiger partial charge in [-0.05, 0) is 43.2 Å². The first kappa shape index (κ1) is 19.4. The largest absolute Gasteiger partial charge is 0.353 e. The number of rotatable bonds is 8. The number of aromatic nitrogens is 1. The highest BCUT2D eigenvalue weighted by Crippen LogP contribution is 2.28. The third-order valence-electron chi connectivity index (χ3n) is 4.73. The number of nitrogens with zero attached hydrogens (tertiary/aromatic N) is 3. The Labute approximate surface area is 168 Å². The van der Waals surface area contributed by atoms with E-state index in [1.54, 1.807) is 23.1 Å². The van der Waals surface area contributed by atoms with Gasteiger partial charge in [-0.15, -0.1) is 6.58 Å². The summed E-state index contributed by atoms with van der Waals surface area (Å²) in [6.45, 7) is 4.69. The summed E-state index contributed by atoms with van der Waals surface area (Å²) in [5.74, 6) is -0.192. The number of hydrogen-bond donors (Lipinski definition) is 0. The van der Waals surface area contributed by atoms with Crippen molar-refractivity contribution in [3.63, 3.8) is 0 Å². The van der Waals surface area contributed by atoms with E-state index in [-0.39, 0.29) is 24.4 Å². The molecule has 142 valence electrons. The zero-order valence-corrected chi connectivity index (χ0v) is 17.1. The standard InChI is InChI=1S/C21H24BrN3O2/c1-3-11-24(21(27)16-6-4-7-17(22)13-16)15-20(26)25(18-9-10-18)14-19-8-5-12-23(19)2/h3-8,12-13,18H,1,9-11,14-15H2,2H3. The highest BCUT2D eigenvalue weighted by molar-refractivity contribution is 9.10. The molecule has 0 bridgehead atoms. The Morgan fingerprint density at radius 1 is 1.30 bits per heavy atom. The van der Waals surface area contributed by atoms with E-state index in [0.29, 0.717) is 18.7 Å². The highest BCUT2D eigenvalue weighted by atomic mass is 79.9. The maximum Gasteiger partial charge on any atom is 0.254 e. The Morgan fingerprint density at radius 3 is 2.67 bits per heavy atom. The molecule has 27 heavy (non-hydrogen) atoms. The molecule has 1 aromatic carbocycles. The van der Waals surface area contributed by atoms with Gasteiger partial charge < -0.3 is 14.4 Å². The fourth-order valence-electron chi connectivity index (χ4n) is 3.08. The van der Waals surface area contributed by atoms with E-state index in [1.165, 1.54) is 0 Å². The maximum absolute atomic E-state index is 13.0. The Hall–Kier alpha value is -2.34. The minimum atomic E-state index is -0.167. The first-order chi connectivity index (χ1) is 13.0. The summed E-state index contributed by atoms with van der Waals surface area (Å²) >= 11 is 3.39. The average Bonchev–Trinajstić information content (AvgIpc) is 3.41. The molecule has 0 spiro atoms. The van der Waals surface area contributed by atoms with Crippen molar-refractivity contribution in [2.75, 3.05) is 13.1 Å². The number of halogens is 1. The highest BCUT2D eigenvalue weighted by Gasteiger charge is 2.34. The lowest BCUT2D eigenvalue weighted by molar-refractivity contribution is -0.133. The van der Waals surface area contributed by atoms with Crippen molar-refractivity contribution in [3.8, 4) is 0 Å². The van der Waals surface area contributed by atoms with Crippen molar-refractivity contribution >= 4 is 27.7 Å². The SMILES string of the molecule is C=CCN(CC(=O)N(Cc1cccn1C)C1CC1)C(=O)c1cccc(Br)c1. The molecule has 1 aliphatic carbocycles. The van der Waals surface area contributed by atoms with Crippen LogP contribution in [0.4, 0.5) is 0 Å². The van der Waals surface area contributed by atoms with E-state index in [4.69, 9.17) is 0 Å². The quantitative estimate of drug-likeness (QED) is 0.601. The molecule has 0 N–H and O–H groups in total. The van der Waals surface area contributed by atoms with E-state index in [2.05, 4.69) is 22.5 Å². The van der Waals surface area contributed by atoms with Gasteiger partial charge in [0, 0.05) is 41.6 Å². The van der Waals surface area contributed by atoms with Crippen molar-refractivity contribution in [1.82, 2.24) is 14.4 Å². The molecule has 0 aliphatic heterocycles. The third-order valence-corrected chi connectivity index (χ3v) is 5.22. The number of benzene rings is 1. The molecule has 1 aromatic heterocycles. The fraction of sp³-hybridized carbons (Fsp3) is 0.333. The van der Waals surface area contributed by atoms with Crippen molar-refractivity contribution in [1.29, 1.82) is 0 Å². The van der Waals surface area contributed by atoms with Crippen LogP contribution in [0.25, 0.3) is 0 Å². The van der Waals surface area contributed by atoms with Crippen LogP contribution in [-0.2, 0) is 18.4 Å². The van der Waals surface area contributed by atoms with Crippen LogP contribution in [0.15, 0.2) is 59.7 Å². The summed E-state index contributed by atoms with van der Waals surface area (Å²) in [4.78, 5) is 29.4. The van der Waals surface area contributed by atoms with Crippen LogP contribution in [-0.4, -0.2) is 45.3 Å². The van der Waals surface area contributed by atoms with Crippen LogP contribution in [0.5, 0.6) is 0 Å². The molecule has 0 atom stereocenters. The summed E-state index contributed by atoms with van der Waals surface area (Å²) in [5, 5.41) is 0. The summed E-state index contributed by atoms with van der Waals surface area (Å²) in [6.07, 6.45) is 5.68. The van der Waals surface area contributed by atoms with Crippen molar-refractivity contribution in [3.05, 3.63) is 71.0 Å². The minimum absolute atomic E-state index is 0.0242. The van der Waals surface area contributed by atoms with Crippen LogP contribution >= 0.6 is 15.9 Å². The predicted octanol–water partition coefficient (Wildman–Crippen LogP) is 3.61. The van der Waals surface area contributed by atoms with Gasteiger partial charge >= 0.3 is 0 Å². The second kappa shape index (κ2) is 8.57. The van der Waals surface area contributed by atoms with Crippen molar-refractivity contribution in [2.24, 2.45) is 7.05 Å². The van der Waals surface area contributed by atoms with E-state index in [0.717, 1.165) is 23.0 Å². The summed E-state index contributed by atoms with van der Waals surface area (Å²) < 4.78 is 2.86. The van der Waals surface area contributed by atoms with Gasteiger partial charge in [0.1, 0.15) is 6.54 Å². The van der Waals surface area contributed by atoms with E-state index in [9.17, 15) is 9.59 Å². The van der Waals surface area contributed by atoms with Gasteiger partial charge in [0.15, 0.2) is 0 Å². The van der Waals surface area contributed by atoms with Crippen LogP contribution in [0.2, 0.25) is 0 Å². The summed E-state index contributed by atoms with van der Waals surface area (Å²) in [7, 11) is 1.98. The van der Waals surface area contributed by atoms with Crippen LogP contribution in [0.3, 0.4) is 0 Å². The van der Waals surface area contributed by atoms with E-state index < -0.39 is 0 Å². The number of aryl methyl sites for hydroxylation is 1. The molecule has 2 aromatic rings. The lowest BCUT2D eigenvalue weighted by Gasteiger charge is -2.27. The van der Waals surface area contributed by atoms with Crippen LogP contribution in [0.1, 0.15) is 28.9 Å². The number of carbonyl (C=O) groups is 2. The van der Waals surface area contributed by atoms with Gasteiger partial charge in [-0.1, -0.05) is 28.1 Å². The average molecular weight is 430 g/mol. The van der Waals surface area contributed by atoms with E-state index in [1.807, 2.05) is 47.0 Å². The Balaban J connectivity index is 1.74. The molecule has 6 heteroatoms. The van der Waals surface area contributed by atoms with Gasteiger partial charge in [0.25, 0.3) is 5.91 Å². The van der Waals surface area contributed by atoms with Gasteiger partial charge in [0.05, 0.1) is 6.54 Å². The lowest BCUT2D eigenvalue weighted by atomic mass is 10.2. The molecule has 5 nitrogen and oxygen atoms in total. The minimum Gasteiger partial charge on any atom is -0.353 e. The maximum atomic E-state index is 13.0. The number of amides is 2. The van der Waals surface area contributed by atoms with E-state index >= 15 is 0 Å². The zero-order chi connectivity index (χ0) is 19.4. The fourth-order valence-corrected chi connectivity index (χ4v) is 3.47. The van der Waals surface area contributed by atoms with Gasteiger partial charge in [-0.2, -0.15) is 0 Å². The predicted molar refractivity (Wildman–Crippen MR) is 109 cm³/mol. The second-order valence-corrected chi connectivity index (χ2v) is 7.76. The molecular formula is C21H24BrN3O2. The first-order valence-corrected chi connectivity index (χ1v) is 9.84. The smallest absolute Gasteiger partial charge is 0.254 e. The topological polar surface area (TPSA) is 45.6 Å². The molecule has 0 saturated heterocycles. The summed E-state index contributed by atoms with van der Waals surface area (Å²) in [6, 6.07) is 11.5. The second-order valence-electron chi connectivity index (χ2n) is 6.85. The Kier molecular flexibility index (Phi) is 6.16. The van der Waals surface area contributed by atoms with Crippen LogP contribution < -0.4 is 0 Å². The molecular weight excluding hydrogens is 406 g/mol. The third kappa shape index (κ3) is 4.89. The molecule has 3 rings (SSSR count). The molecule has 1 saturated carbocycles. The molecule has 1 aliphatic rings. The van der Waals surface area contributed by atoms with Crippen molar-refractivity contribution < 1.29 is 9.59 Å². The Bertz CT molecular complexity index is 841. The first-order valence-electron chi connectivity index (χ1n) is 9.05. The van der Waals surface area contributed by atoms with Gasteiger partial charge in [-0.3, -0.25) is 9.59 Å². The van der Waals surface area contributed by atoms with Crippen molar-refractivity contribution in [2.45, 2.75) is 25.4 Å².